The molecule has 8 heteroatoms. The van der Waals surface area contributed by atoms with E-state index in [9.17, 15) is 8.42 Å². The third kappa shape index (κ3) is 3.21. The van der Waals surface area contributed by atoms with Crippen molar-refractivity contribution in [3.63, 3.8) is 0 Å². The van der Waals surface area contributed by atoms with Gasteiger partial charge >= 0.3 is 0 Å². The van der Waals surface area contributed by atoms with Gasteiger partial charge in [-0.25, -0.2) is 18.5 Å². The average Bonchev–Trinajstić information content (AvgIpc) is 3.02. The predicted molar refractivity (Wildman–Crippen MR) is 71.8 cm³/mol. The molecule has 0 bridgehead atoms. The van der Waals surface area contributed by atoms with Gasteiger partial charge < -0.3 is 10.6 Å². The molecule has 0 radical (unpaired) electrons. The molecule has 0 saturated heterocycles. The quantitative estimate of drug-likeness (QED) is 0.614. The van der Waals surface area contributed by atoms with Crippen LogP contribution in [-0.2, 0) is 16.6 Å². The smallest absolute Gasteiger partial charge is 0.247 e. The minimum atomic E-state index is -3.61. The Morgan fingerprint density at radius 3 is 2.72 bits per heavy atom. The zero-order valence-corrected chi connectivity index (χ0v) is 11.7. The van der Waals surface area contributed by atoms with Crippen molar-refractivity contribution < 1.29 is 8.42 Å². The summed E-state index contributed by atoms with van der Waals surface area (Å²) in [6.45, 7) is 0.378. The molecule has 18 heavy (non-hydrogen) atoms. The van der Waals surface area contributed by atoms with Crippen molar-refractivity contribution in [3.8, 4) is 0 Å². The molecule has 100 valence electrons. The Labute approximate surface area is 110 Å². The maximum Gasteiger partial charge on any atom is 0.247 e. The van der Waals surface area contributed by atoms with Crippen molar-refractivity contribution in [1.29, 1.82) is 0 Å². The van der Waals surface area contributed by atoms with Gasteiger partial charge in [0.1, 0.15) is 4.21 Å². The van der Waals surface area contributed by atoms with Gasteiger partial charge in [0.2, 0.25) is 10.0 Å². The lowest BCUT2D eigenvalue weighted by Gasteiger charge is -2.16. The summed E-state index contributed by atoms with van der Waals surface area (Å²) in [4.78, 5) is 7.02. The number of rotatable bonds is 4. The van der Waals surface area contributed by atoms with Gasteiger partial charge in [-0.15, -0.1) is 11.3 Å². The molecular formula is C10H16N4O2S2. The molecule has 1 aromatic rings. The minimum Gasteiger partial charge on any atom is -0.370 e. The molecule has 0 spiro atoms. The Bertz CT molecular complexity index is 560. The third-order valence-electron chi connectivity index (χ3n) is 2.77. The summed E-state index contributed by atoms with van der Waals surface area (Å²) in [6, 6.07) is 3.71. The molecule has 4 N–H and O–H groups in total. The molecule has 0 aromatic carbocycles. The Balaban J connectivity index is 2.01. The number of hydrogen-bond donors (Lipinski definition) is 2. The highest BCUT2D eigenvalue weighted by Gasteiger charge is 2.27. The summed E-state index contributed by atoms with van der Waals surface area (Å²) in [6.07, 6.45) is 2.31. The van der Waals surface area contributed by atoms with Gasteiger partial charge in [-0.1, -0.05) is 0 Å². The molecule has 1 aromatic heterocycles. The van der Waals surface area contributed by atoms with E-state index in [0.29, 0.717) is 18.5 Å². The van der Waals surface area contributed by atoms with Crippen LogP contribution in [-0.4, -0.2) is 32.4 Å². The number of thiophene rings is 1. The van der Waals surface area contributed by atoms with Crippen molar-refractivity contribution in [3.05, 3.63) is 17.0 Å². The number of nitrogens with two attached hydrogens (primary N) is 2. The average molecular weight is 288 g/mol. The van der Waals surface area contributed by atoms with Gasteiger partial charge in [-0.05, 0) is 25.0 Å². The number of guanidine groups is 1. The second-order valence-corrected chi connectivity index (χ2v) is 7.24. The molecule has 1 aliphatic rings. The van der Waals surface area contributed by atoms with Crippen molar-refractivity contribution in [1.82, 2.24) is 4.90 Å². The fraction of sp³-hybridized carbons (Fsp3) is 0.500. The van der Waals surface area contributed by atoms with Crippen LogP contribution in [0.5, 0.6) is 0 Å². The van der Waals surface area contributed by atoms with E-state index in [0.717, 1.165) is 29.1 Å². The van der Waals surface area contributed by atoms with Crippen LogP contribution in [0.25, 0.3) is 0 Å². The second-order valence-electron chi connectivity index (χ2n) is 4.28. The number of sulfonamides is 1. The maximum absolute atomic E-state index is 11.1. The number of aliphatic imine (C=N–C) groups is 1. The topological polar surface area (TPSA) is 102 Å². The van der Waals surface area contributed by atoms with E-state index in [1.165, 1.54) is 6.07 Å². The lowest BCUT2D eigenvalue weighted by Crippen LogP contribution is -2.35. The van der Waals surface area contributed by atoms with Crippen molar-refractivity contribution in [2.75, 3.05) is 7.05 Å². The zero-order chi connectivity index (χ0) is 13.3. The minimum absolute atomic E-state index is 0.154. The van der Waals surface area contributed by atoms with Gasteiger partial charge in [0, 0.05) is 18.0 Å². The Kier molecular flexibility index (Phi) is 3.60. The highest BCUT2D eigenvalue weighted by atomic mass is 32.2. The molecule has 1 saturated carbocycles. The van der Waals surface area contributed by atoms with Crippen molar-refractivity contribution in [2.45, 2.75) is 29.6 Å². The van der Waals surface area contributed by atoms with Gasteiger partial charge in [0.15, 0.2) is 5.96 Å². The van der Waals surface area contributed by atoms with Gasteiger partial charge in [-0.2, -0.15) is 0 Å². The van der Waals surface area contributed by atoms with E-state index in [-0.39, 0.29) is 4.21 Å². The van der Waals surface area contributed by atoms with Gasteiger partial charge in [0.05, 0.1) is 6.54 Å². The Morgan fingerprint density at radius 1 is 1.56 bits per heavy atom. The lowest BCUT2D eigenvalue weighted by molar-refractivity contribution is 0.487. The first-order chi connectivity index (χ1) is 8.38. The number of hydrogen-bond acceptors (Lipinski definition) is 4. The second kappa shape index (κ2) is 4.87. The number of nitrogens with zero attached hydrogens (tertiary/aromatic N) is 2. The van der Waals surface area contributed by atoms with E-state index in [4.69, 9.17) is 10.9 Å². The zero-order valence-electron chi connectivity index (χ0n) is 10.0. The van der Waals surface area contributed by atoms with Gasteiger partial charge in [0.25, 0.3) is 0 Å². The number of primary sulfonamides is 1. The molecule has 1 heterocycles. The molecule has 0 amide bonds. The molecule has 6 nitrogen and oxygen atoms in total. The van der Waals surface area contributed by atoms with Crippen LogP contribution in [0.1, 0.15) is 17.7 Å². The fourth-order valence-electron chi connectivity index (χ4n) is 1.52. The molecule has 2 rings (SSSR count). The van der Waals surface area contributed by atoms with Crippen LogP contribution in [0.2, 0.25) is 0 Å². The van der Waals surface area contributed by atoms with Crippen LogP contribution in [0.4, 0.5) is 0 Å². The monoisotopic (exact) mass is 288 g/mol. The predicted octanol–water partition coefficient (Wildman–Crippen LogP) is 0.304. The summed E-state index contributed by atoms with van der Waals surface area (Å²) in [7, 11) is -1.69. The standard InChI is InChI=1S/C10H16N4O2S2/c1-14(7-2-3-7)10(11)13-6-8-4-5-9(17-8)18(12,15)16/h4-5,7H,2-3,6H2,1H3,(H2,11,13)(H2,12,15,16). The summed E-state index contributed by atoms with van der Waals surface area (Å²) in [5.74, 6) is 0.489. The summed E-state index contributed by atoms with van der Waals surface area (Å²) in [5.41, 5.74) is 5.84. The van der Waals surface area contributed by atoms with Crippen LogP contribution in [0, 0.1) is 0 Å². The first-order valence-electron chi connectivity index (χ1n) is 5.52. The third-order valence-corrected chi connectivity index (χ3v) is 5.28. The summed E-state index contributed by atoms with van der Waals surface area (Å²) < 4.78 is 22.4. The molecular weight excluding hydrogens is 272 g/mol. The molecule has 0 atom stereocenters. The van der Waals surface area contributed by atoms with Crippen LogP contribution < -0.4 is 10.9 Å². The summed E-state index contributed by atoms with van der Waals surface area (Å²) in [5, 5.41) is 5.04. The van der Waals surface area contributed by atoms with E-state index in [2.05, 4.69) is 4.99 Å². The van der Waals surface area contributed by atoms with E-state index in [1.807, 2.05) is 11.9 Å². The molecule has 1 fully saturated rings. The highest BCUT2D eigenvalue weighted by molar-refractivity contribution is 7.91. The molecule has 0 aliphatic heterocycles. The van der Waals surface area contributed by atoms with E-state index >= 15 is 0 Å². The van der Waals surface area contributed by atoms with Crippen LogP contribution in [0.3, 0.4) is 0 Å². The fourth-order valence-corrected chi connectivity index (χ4v) is 3.22. The lowest BCUT2D eigenvalue weighted by atomic mass is 10.5. The first kappa shape index (κ1) is 13.3. The van der Waals surface area contributed by atoms with Crippen LogP contribution in [0.15, 0.2) is 21.3 Å². The molecule has 0 unspecified atom stereocenters. The van der Waals surface area contributed by atoms with Crippen LogP contribution >= 0.6 is 11.3 Å². The van der Waals surface area contributed by atoms with E-state index in [1.54, 1.807) is 6.07 Å². The van der Waals surface area contributed by atoms with Crippen molar-refractivity contribution in [2.24, 2.45) is 15.9 Å². The molecule has 1 aliphatic carbocycles. The SMILES string of the molecule is CN(C(N)=NCc1ccc(S(N)(=O)=O)s1)C1CC1. The van der Waals surface area contributed by atoms with E-state index < -0.39 is 10.0 Å². The van der Waals surface area contributed by atoms with Crippen molar-refractivity contribution >= 4 is 27.3 Å². The first-order valence-corrected chi connectivity index (χ1v) is 7.88. The Morgan fingerprint density at radius 2 is 2.22 bits per heavy atom. The largest absolute Gasteiger partial charge is 0.370 e. The maximum atomic E-state index is 11.1. The normalized spacial score (nSPS) is 16.9. The van der Waals surface area contributed by atoms with Gasteiger partial charge in [-0.3, -0.25) is 0 Å². The highest BCUT2D eigenvalue weighted by Crippen LogP contribution is 2.25. The summed E-state index contributed by atoms with van der Waals surface area (Å²) >= 11 is 1.12. The Hall–Kier alpha value is -1.12.